The van der Waals surface area contributed by atoms with E-state index < -0.39 is 0 Å². The predicted molar refractivity (Wildman–Crippen MR) is 105 cm³/mol. The van der Waals surface area contributed by atoms with Gasteiger partial charge in [-0.3, -0.25) is 9.48 Å². The first-order chi connectivity index (χ1) is 13.8. The van der Waals surface area contributed by atoms with E-state index in [1.807, 2.05) is 30.3 Å². The summed E-state index contributed by atoms with van der Waals surface area (Å²) in [5.74, 6) is -0.212. The quantitative estimate of drug-likeness (QED) is 0.613. The molecule has 0 atom stereocenters. The van der Waals surface area contributed by atoms with Crippen LogP contribution in [0.5, 0.6) is 0 Å². The summed E-state index contributed by atoms with van der Waals surface area (Å²) in [4.78, 5) is 12.2. The van der Waals surface area contributed by atoms with Crippen molar-refractivity contribution in [2.75, 3.05) is 0 Å². The van der Waals surface area contributed by atoms with Crippen molar-refractivity contribution in [2.24, 2.45) is 0 Å². The van der Waals surface area contributed by atoms with E-state index >= 15 is 0 Å². The molecule has 0 saturated heterocycles. The first-order valence-electron chi connectivity index (χ1n) is 9.52. The third kappa shape index (κ3) is 4.49. The summed E-state index contributed by atoms with van der Waals surface area (Å²) < 4.78 is 1.72. The van der Waals surface area contributed by atoms with Crippen molar-refractivity contribution in [3.63, 3.8) is 0 Å². The molecule has 142 valence electrons. The molecule has 1 aliphatic rings. The molecule has 1 N–H and O–H groups in total. The van der Waals surface area contributed by atoms with Gasteiger partial charge in [0.2, 0.25) is 0 Å². The van der Waals surface area contributed by atoms with Crippen LogP contribution in [0.1, 0.15) is 45.8 Å². The average molecular weight is 374 g/mol. The third-order valence-corrected chi connectivity index (χ3v) is 4.70. The Bertz CT molecular complexity index is 980. The van der Waals surface area contributed by atoms with Gasteiger partial charge in [-0.2, -0.15) is 10.2 Å². The fraction of sp³-hybridized carbons (Fsp3) is 0.286. The van der Waals surface area contributed by atoms with Crippen molar-refractivity contribution in [3.8, 4) is 0 Å². The lowest BCUT2D eigenvalue weighted by atomic mass is 10.1. The van der Waals surface area contributed by atoms with Gasteiger partial charge in [-0.25, -0.2) is 0 Å². The zero-order valence-electron chi connectivity index (χ0n) is 15.6. The van der Waals surface area contributed by atoms with Gasteiger partial charge in [0.15, 0.2) is 5.69 Å². The van der Waals surface area contributed by atoms with Crippen molar-refractivity contribution in [1.82, 2.24) is 30.5 Å². The van der Waals surface area contributed by atoms with Crippen LogP contribution >= 0.6 is 0 Å². The molecule has 0 fully saturated rings. The van der Waals surface area contributed by atoms with Crippen LogP contribution in [0.15, 0.2) is 48.7 Å². The lowest BCUT2D eigenvalue weighted by Gasteiger charge is -2.03. The standard InChI is InChI=1S/C21H22N6O/c28-21(22-14-16-7-2-1-3-8-16)20-15-27(26-25-20)12-5-4-10-18-13-17-9-6-11-19(17)24-23-18/h1-3,6-9,13,15H,4-5,10-12,14H2,(H,22,28). The Kier molecular flexibility index (Phi) is 5.51. The molecule has 28 heavy (non-hydrogen) atoms. The van der Waals surface area contributed by atoms with Gasteiger partial charge >= 0.3 is 0 Å². The molecule has 3 aromatic rings. The van der Waals surface area contributed by atoms with Gasteiger partial charge in [-0.05, 0) is 36.5 Å². The Hall–Kier alpha value is -3.35. The normalized spacial score (nSPS) is 12.1. The number of fused-ring (bicyclic) bond motifs is 1. The van der Waals surface area contributed by atoms with Gasteiger partial charge < -0.3 is 5.32 Å². The first kappa shape index (κ1) is 18.0. The number of aryl methyl sites for hydroxylation is 2. The second kappa shape index (κ2) is 8.56. The third-order valence-electron chi connectivity index (χ3n) is 4.70. The minimum atomic E-state index is -0.212. The van der Waals surface area contributed by atoms with Crippen LogP contribution < -0.4 is 5.32 Å². The summed E-state index contributed by atoms with van der Waals surface area (Å²) in [5.41, 5.74) is 4.65. The molecule has 4 rings (SSSR count). The fourth-order valence-electron chi connectivity index (χ4n) is 3.16. The molecule has 0 saturated carbocycles. The highest BCUT2D eigenvalue weighted by Gasteiger charge is 2.11. The van der Waals surface area contributed by atoms with Crippen LogP contribution in [0.25, 0.3) is 6.08 Å². The number of nitrogens with one attached hydrogen (secondary N) is 1. The van der Waals surface area contributed by atoms with Crippen molar-refractivity contribution >= 4 is 12.0 Å². The van der Waals surface area contributed by atoms with E-state index in [9.17, 15) is 4.79 Å². The molecule has 0 unspecified atom stereocenters. The van der Waals surface area contributed by atoms with Gasteiger partial charge in [0, 0.05) is 19.5 Å². The zero-order chi connectivity index (χ0) is 19.2. The Labute approximate surface area is 163 Å². The summed E-state index contributed by atoms with van der Waals surface area (Å²) in [7, 11) is 0. The van der Waals surface area contributed by atoms with Gasteiger partial charge in [-0.1, -0.05) is 47.7 Å². The number of allylic oxidation sites excluding steroid dienone is 1. The van der Waals surface area contributed by atoms with Crippen molar-refractivity contribution in [3.05, 3.63) is 76.9 Å². The summed E-state index contributed by atoms with van der Waals surface area (Å²) in [6.45, 7) is 1.20. The number of hydrogen-bond donors (Lipinski definition) is 1. The van der Waals surface area contributed by atoms with Crippen LogP contribution in [-0.2, 0) is 25.9 Å². The topological polar surface area (TPSA) is 85.6 Å². The first-order valence-corrected chi connectivity index (χ1v) is 9.52. The number of benzene rings is 1. The number of carbonyl (C=O) groups is 1. The van der Waals surface area contributed by atoms with Crippen LogP contribution in [0.4, 0.5) is 0 Å². The van der Waals surface area contributed by atoms with E-state index in [1.165, 1.54) is 5.56 Å². The average Bonchev–Trinajstić information content (AvgIpc) is 3.39. The fourth-order valence-corrected chi connectivity index (χ4v) is 3.16. The number of aromatic nitrogens is 5. The monoisotopic (exact) mass is 374 g/mol. The summed E-state index contributed by atoms with van der Waals surface area (Å²) >= 11 is 0. The van der Waals surface area contributed by atoms with Gasteiger partial charge in [0.05, 0.1) is 17.6 Å². The maximum atomic E-state index is 12.2. The second-order valence-electron chi connectivity index (χ2n) is 6.84. The SMILES string of the molecule is O=C(NCc1ccccc1)c1cn(CCCCc2cc3c(nn2)CC=C3)nn1. The van der Waals surface area contributed by atoms with Gasteiger partial charge in [0.1, 0.15) is 0 Å². The number of rotatable bonds is 8. The van der Waals surface area contributed by atoms with Crippen molar-refractivity contribution in [2.45, 2.75) is 38.8 Å². The molecule has 7 heteroatoms. The molecular formula is C21H22N6O. The minimum absolute atomic E-state index is 0.212. The van der Waals surface area contributed by atoms with Crippen LogP contribution in [-0.4, -0.2) is 31.1 Å². The molecular weight excluding hydrogens is 352 g/mol. The lowest BCUT2D eigenvalue weighted by Crippen LogP contribution is -2.23. The summed E-state index contributed by atoms with van der Waals surface area (Å²) in [6.07, 6.45) is 9.59. The number of carbonyl (C=O) groups excluding carboxylic acids is 1. The number of amides is 1. The Morgan fingerprint density at radius 1 is 1.11 bits per heavy atom. The zero-order valence-corrected chi connectivity index (χ0v) is 15.6. The van der Waals surface area contributed by atoms with Crippen molar-refractivity contribution < 1.29 is 4.79 Å². The van der Waals surface area contributed by atoms with Gasteiger partial charge in [-0.15, -0.1) is 5.10 Å². The highest BCUT2D eigenvalue weighted by atomic mass is 16.2. The largest absolute Gasteiger partial charge is 0.347 e. The molecule has 1 aliphatic carbocycles. The lowest BCUT2D eigenvalue weighted by molar-refractivity contribution is 0.0946. The van der Waals surface area contributed by atoms with E-state index in [0.717, 1.165) is 49.2 Å². The summed E-state index contributed by atoms with van der Waals surface area (Å²) in [5, 5.41) is 19.5. The predicted octanol–water partition coefficient (Wildman–Crippen LogP) is 2.59. The number of hydrogen-bond acceptors (Lipinski definition) is 5. The van der Waals surface area contributed by atoms with E-state index in [1.54, 1.807) is 10.9 Å². The highest BCUT2D eigenvalue weighted by molar-refractivity contribution is 5.91. The van der Waals surface area contributed by atoms with E-state index in [-0.39, 0.29) is 5.91 Å². The second-order valence-corrected chi connectivity index (χ2v) is 6.84. The molecule has 1 aromatic carbocycles. The smallest absolute Gasteiger partial charge is 0.273 e. The molecule has 0 spiro atoms. The summed E-state index contributed by atoms with van der Waals surface area (Å²) in [6, 6.07) is 11.9. The minimum Gasteiger partial charge on any atom is -0.347 e. The molecule has 0 bridgehead atoms. The molecule has 0 radical (unpaired) electrons. The molecule has 0 aliphatic heterocycles. The molecule has 1 amide bonds. The van der Waals surface area contributed by atoms with Crippen LogP contribution in [0.3, 0.4) is 0 Å². The van der Waals surface area contributed by atoms with Crippen molar-refractivity contribution in [1.29, 1.82) is 0 Å². The number of nitrogens with zero attached hydrogens (tertiary/aromatic N) is 5. The maximum Gasteiger partial charge on any atom is 0.273 e. The Morgan fingerprint density at radius 2 is 2.00 bits per heavy atom. The van der Waals surface area contributed by atoms with Crippen LogP contribution in [0, 0.1) is 0 Å². The molecule has 7 nitrogen and oxygen atoms in total. The van der Waals surface area contributed by atoms with E-state index in [0.29, 0.717) is 12.2 Å². The highest BCUT2D eigenvalue weighted by Crippen LogP contribution is 2.17. The Balaban J connectivity index is 1.21. The number of unbranched alkanes of at least 4 members (excludes halogenated alkanes) is 1. The molecule has 2 heterocycles. The van der Waals surface area contributed by atoms with Gasteiger partial charge in [0.25, 0.3) is 5.91 Å². The van der Waals surface area contributed by atoms with E-state index in [4.69, 9.17) is 0 Å². The van der Waals surface area contributed by atoms with E-state index in [2.05, 4.69) is 44.0 Å². The Morgan fingerprint density at radius 3 is 2.89 bits per heavy atom. The molecule has 2 aromatic heterocycles. The maximum absolute atomic E-state index is 12.2. The van der Waals surface area contributed by atoms with Crippen LogP contribution in [0.2, 0.25) is 0 Å².